The van der Waals surface area contributed by atoms with Crippen LogP contribution in [0.25, 0.3) is 0 Å². The second-order valence-corrected chi connectivity index (χ2v) is 3.99. The summed E-state index contributed by atoms with van der Waals surface area (Å²) in [6, 6.07) is 5.64. The molecule has 0 aromatic heterocycles. The third kappa shape index (κ3) is 3.90. The summed E-state index contributed by atoms with van der Waals surface area (Å²) in [5.41, 5.74) is 2.77. The van der Waals surface area contributed by atoms with E-state index in [9.17, 15) is 9.59 Å². The van der Waals surface area contributed by atoms with Crippen molar-refractivity contribution < 1.29 is 9.59 Å². The molecule has 0 radical (unpaired) electrons. The minimum atomic E-state index is -0.100. The molecule has 4 nitrogen and oxygen atoms in total. The summed E-state index contributed by atoms with van der Waals surface area (Å²) in [6.45, 7) is 6.24. The molecular formula is C13H18N2O2. The number of nitrogens with one attached hydrogen (secondary N) is 2. The Labute approximate surface area is 101 Å². The lowest BCUT2D eigenvalue weighted by Gasteiger charge is -2.09. The fourth-order valence-corrected chi connectivity index (χ4v) is 1.51. The minimum Gasteiger partial charge on any atom is -0.355 e. The Morgan fingerprint density at radius 2 is 1.76 bits per heavy atom. The first-order chi connectivity index (χ1) is 8.02. The zero-order valence-electron chi connectivity index (χ0n) is 10.5. The molecule has 0 atom stereocenters. The molecule has 0 aliphatic carbocycles. The van der Waals surface area contributed by atoms with Crippen LogP contribution < -0.4 is 10.6 Å². The second kappa shape index (κ2) is 6.03. The Kier molecular flexibility index (Phi) is 4.69. The molecule has 0 unspecified atom stereocenters. The number of carbonyl (C=O) groups is 2. The first-order valence-electron chi connectivity index (χ1n) is 5.61. The Morgan fingerprint density at radius 3 is 2.41 bits per heavy atom. The van der Waals surface area contributed by atoms with Gasteiger partial charge in [0.2, 0.25) is 5.91 Å². The van der Waals surface area contributed by atoms with E-state index in [1.165, 1.54) is 6.92 Å². The monoisotopic (exact) mass is 234 g/mol. The Hall–Kier alpha value is -1.84. The summed E-state index contributed by atoms with van der Waals surface area (Å²) in [6.07, 6.45) is 0. The maximum Gasteiger partial charge on any atom is 0.251 e. The topological polar surface area (TPSA) is 58.2 Å². The molecule has 4 heteroatoms. The first kappa shape index (κ1) is 13.2. The van der Waals surface area contributed by atoms with Crippen molar-refractivity contribution in [1.29, 1.82) is 0 Å². The van der Waals surface area contributed by atoms with Crippen LogP contribution >= 0.6 is 0 Å². The maximum absolute atomic E-state index is 11.8. The van der Waals surface area contributed by atoms with Gasteiger partial charge >= 0.3 is 0 Å². The van der Waals surface area contributed by atoms with E-state index in [1.54, 1.807) is 6.07 Å². The van der Waals surface area contributed by atoms with Gasteiger partial charge in [0.25, 0.3) is 5.91 Å². The molecule has 1 aromatic rings. The van der Waals surface area contributed by atoms with Crippen molar-refractivity contribution in [2.75, 3.05) is 13.1 Å². The van der Waals surface area contributed by atoms with E-state index < -0.39 is 0 Å². The smallest absolute Gasteiger partial charge is 0.251 e. The third-order valence-corrected chi connectivity index (χ3v) is 2.63. The number of hydrogen-bond donors (Lipinski definition) is 2. The summed E-state index contributed by atoms with van der Waals surface area (Å²) in [5.74, 6) is -0.192. The quantitative estimate of drug-likeness (QED) is 0.768. The van der Waals surface area contributed by atoms with Crippen molar-refractivity contribution in [1.82, 2.24) is 10.6 Å². The van der Waals surface area contributed by atoms with Crippen LogP contribution in [0.1, 0.15) is 28.4 Å². The van der Waals surface area contributed by atoms with Gasteiger partial charge in [-0.25, -0.2) is 0 Å². The highest BCUT2D eigenvalue weighted by Crippen LogP contribution is 2.12. The zero-order chi connectivity index (χ0) is 12.8. The SMILES string of the molecule is CC(=O)NCCNC(=O)c1cccc(C)c1C. The van der Waals surface area contributed by atoms with Gasteiger partial charge in [-0.15, -0.1) is 0 Å². The Bertz CT molecular complexity index is 427. The van der Waals surface area contributed by atoms with Gasteiger partial charge < -0.3 is 10.6 Å². The first-order valence-corrected chi connectivity index (χ1v) is 5.61. The molecule has 0 saturated carbocycles. The van der Waals surface area contributed by atoms with Crippen LogP contribution in [-0.2, 0) is 4.79 Å². The molecular weight excluding hydrogens is 216 g/mol. The van der Waals surface area contributed by atoms with E-state index in [2.05, 4.69) is 10.6 Å². The molecule has 0 saturated heterocycles. The molecule has 17 heavy (non-hydrogen) atoms. The van der Waals surface area contributed by atoms with Gasteiger partial charge in [0.15, 0.2) is 0 Å². The second-order valence-electron chi connectivity index (χ2n) is 3.99. The molecule has 0 spiro atoms. The van der Waals surface area contributed by atoms with E-state index in [-0.39, 0.29) is 11.8 Å². The van der Waals surface area contributed by atoms with E-state index in [0.29, 0.717) is 18.7 Å². The minimum absolute atomic E-state index is 0.0917. The number of carbonyl (C=O) groups excluding carboxylic acids is 2. The molecule has 0 fully saturated rings. The molecule has 0 bridgehead atoms. The van der Waals surface area contributed by atoms with E-state index in [0.717, 1.165) is 11.1 Å². The standard InChI is InChI=1S/C13H18N2O2/c1-9-5-4-6-12(10(9)2)13(17)15-8-7-14-11(3)16/h4-6H,7-8H2,1-3H3,(H,14,16)(H,15,17). The molecule has 1 rings (SSSR count). The highest BCUT2D eigenvalue weighted by atomic mass is 16.2. The fraction of sp³-hybridized carbons (Fsp3) is 0.385. The lowest BCUT2D eigenvalue weighted by atomic mass is 10.0. The normalized spacial score (nSPS) is 9.82. The predicted molar refractivity (Wildman–Crippen MR) is 66.9 cm³/mol. The van der Waals surface area contributed by atoms with Gasteiger partial charge in [-0.1, -0.05) is 12.1 Å². The number of rotatable bonds is 4. The van der Waals surface area contributed by atoms with Crippen LogP contribution in [0.4, 0.5) is 0 Å². The van der Waals surface area contributed by atoms with Gasteiger partial charge in [-0.05, 0) is 31.0 Å². The third-order valence-electron chi connectivity index (χ3n) is 2.63. The summed E-state index contributed by atoms with van der Waals surface area (Å²) >= 11 is 0. The highest BCUT2D eigenvalue weighted by Gasteiger charge is 2.08. The van der Waals surface area contributed by atoms with Gasteiger partial charge in [-0.2, -0.15) is 0 Å². The van der Waals surface area contributed by atoms with Crippen molar-refractivity contribution in [3.63, 3.8) is 0 Å². The average Bonchev–Trinajstić information content (AvgIpc) is 2.27. The summed E-state index contributed by atoms with van der Waals surface area (Å²) in [4.78, 5) is 22.5. The van der Waals surface area contributed by atoms with E-state index in [1.807, 2.05) is 26.0 Å². The molecule has 0 heterocycles. The van der Waals surface area contributed by atoms with Crippen LogP contribution in [0.5, 0.6) is 0 Å². The number of hydrogen-bond acceptors (Lipinski definition) is 2. The van der Waals surface area contributed by atoms with Crippen molar-refractivity contribution in [2.24, 2.45) is 0 Å². The molecule has 2 amide bonds. The lowest BCUT2D eigenvalue weighted by Crippen LogP contribution is -2.33. The lowest BCUT2D eigenvalue weighted by molar-refractivity contribution is -0.118. The van der Waals surface area contributed by atoms with Crippen LogP contribution in [-0.4, -0.2) is 24.9 Å². The summed E-state index contributed by atoms with van der Waals surface area (Å²) in [5, 5.41) is 5.39. The average molecular weight is 234 g/mol. The van der Waals surface area contributed by atoms with Crippen LogP contribution in [0.3, 0.4) is 0 Å². The largest absolute Gasteiger partial charge is 0.355 e. The molecule has 2 N–H and O–H groups in total. The van der Waals surface area contributed by atoms with Crippen molar-refractivity contribution >= 4 is 11.8 Å². The Morgan fingerprint density at radius 1 is 1.12 bits per heavy atom. The summed E-state index contributed by atoms with van der Waals surface area (Å²) in [7, 11) is 0. The number of benzene rings is 1. The van der Waals surface area contributed by atoms with Crippen LogP contribution in [0.15, 0.2) is 18.2 Å². The summed E-state index contributed by atoms with van der Waals surface area (Å²) < 4.78 is 0. The van der Waals surface area contributed by atoms with E-state index >= 15 is 0 Å². The highest BCUT2D eigenvalue weighted by molar-refractivity contribution is 5.95. The fourth-order valence-electron chi connectivity index (χ4n) is 1.51. The number of amides is 2. The van der Waals surface area contributed by atoms with E-state index in [4.69, 9.17) is 0 Å². The predicted octanol–water partition coefficient (Wildman–Crippen LogP) is 1.17. The van der Waals surface area contributed by atoms with Gasteiger partial charge in [0.1, 0.15) is 0 Å². The molecule has 92 valence electrons. The molecule has 0 aliphatic rings. The zero-order valence-corrected chi connectivity index (χ0v) is 10.5. The van der Waals surface area contributed by atoms with Gasteiger partial charge in [0, 0.05) is 25.6 Å². The molecule has 1 aromatic carbocycles. The van der Waals surface area contributed by atoms with Crippen molar-refractivity contribution in [3.05, 3.63) is 34.9 Å². The van der Waals surface area contributed by atoms with Crippen LogP contribution in [0, 0.1) is 13.8 Å². The van der Waals surface area contributed by atoms with Crippen molar-refractivity contribution in [2.45, 2.75) is 20.8 Å². The van der Waals surface area contributed by atoms with Gasteiger partial charge in [-0.3, -0.25) is 9.59 Å². The Balaban J connectivity index is 2.53. The van der Waals surface area contributed by atoms with Gasteiger partial charge in [0.05, 0.1) is 0 Å². The number of aryl methyl sites for hydroxylation is 1. The van der Waals surface area contributed by atoms with Crippen LogP contribution in [0.2, 0.25) is 0 Å². The van der Waals surface area contributed by atoms with Crippen molar-refractivity contribution in [3.8, 4) is 0 Å². The molecule has 0 aliphatic heterocycles. The maximum atomic E-state index is 11.8.